The molecule has 1 atom stereocenters. The van der Waals surface area contributed by atoms with Crippen LogP contribution in [0.5, 0.6) is 11.5 Å². The van der Waals surface area contributed by atoms with Gasteiger partial charge in [-0.1, -0.05) is 6.07 Å². The quantitative estimate of drug-likeness (QED) is 0.831. The highest BCUT2D eigenvalue weighted by Crippen LogP contribution is 2.31. The average molecular weight is 260 g/mol. The van der Waals surface area contributed by atoms with E-state index in [-0.39, 0.29) is 11.9 Å². The molecular formula is C14H16N2O3. The van der Waals surface area contributed by atoms with E-state index in [2.05, 4.69) is 6.07 Å². The van der Waals surface area contributed by atoms with Gasteiger partial charge in [0.15, 0.2) is 0 Å². The van der Waals surface area contributed by atoms with Crippen LogP contribution in [0.15, 0.2) is 18.2 Å². The van der Waals surface area contributed by atoms with Gasteiger partial charge in [-0.15, -0.1) is 0 Å². The summed E-state index contributed by atoms with van der Waals surface area (Å²) in [7, 11) is 3.02. The molecule has 0 bridgehead atoms. The van der Waals surface area contributed by atoms with E-state index in [1.165, 1.54) is 14.2 Å². The first-order valence-electron chi connectivity index (χ1n) is 6.14. The molecule has 0 saturated carbocycles. The highest BCUT2D eigenvalue weighted by Gasteiger charge is 2.32. The largest absolute Gasteiger partial charge is 0.496 e. The van der Waals surface area contributed by atoms with Crippen molar-refractivity contribution in [1.82, 2.24) is 4.90 Å². The summed E-state index contributed by atoms with van der Waals surface area (Å²) in [4.78, 5) is 14.2. The van der Waals surface area contributed by atoms with Crippen LogP contribution in [-0.2, 0) is 0 Å². The lowest BCUT2D eigenvalue weighted by Crippen LogP contribution is -2.35. The molecule has 100 valence electrons. The summed E-state index contributed by atoms with van der Waals surface area (Å²) in [6, 6.07) is 7.00. The summed E-state index contributed by atoms with van der Waals surface area (Å²) in [6.07, 6.45) is 1.57. The summed E-state index contributed by atoms with van der Waals surface area (Å²) in [5.41, 5.74) is 0.384. The molecular weight excluding hydrogens is 244 g/mol. The maximum Gasteiger partial charge on any atom is 0.262 e. The van der Waals surface area contributed by atoms with E-state index < -0.39 is 0 Å². The SMILES string of the molecule is COc1cccc(OC)c1C(=O)N1CCCC1C#N. The first-order valence-corrected chi connectivity index (χ1v) is 6.14. The Bertz CT molecular complexity index is 500. The predicted molar refractivity (Wildman–Crippen MR) is 69.2 cm³/mol. The van der Waals surface area contributed by atoms with Crippen LogP contribution in [0.4, 0.5) is 0 Å². The number of nitriles is 1. The van der Waals surface area contributed by atoms with Crippen LogP contribution in [0.2, 0.25) is 0 Å². The monoisotopic (exact) mass is 260 g/mol. The second-order valence-corrected chi connectivity index (χ2v) is 4.32. The molecule has 1 unspecified atom stereocenters. The number of benzene rings is 1. The number of nitrogens with zero attached hydrogens (tertiary/aromatic N) is 2. The van der Waals surface area contributed by atoms with Crippen LogP contribution in [0.3, 0.4) is 0 Å². The zero-order chi connectivity index (χ0) is 13.8. The van der Waals surface area contributed by atoms with Crippen molar-refractivity contribution in [3.8, 4) is 17.6 Å². The predicted octanol–water partition coefficient (Wildman–Crippen LogP) is 1.83. The topological polar surface area (TPSA) is 62.6 Å². The van der Waals surface area contributed by atoms with Crippen LogP contribution < -0.4 is 9.47 Å². The van der Waals surface area contributed by atoms with Gasteiger partial charge in [0.1, 0.15) is 23.1 Å². The number of likely N-dealkylation sites (tertiary alicyclic amines) is 1. The van der Waals surface area contributed by atoms with Crippen molar-refractivity contribution in [2.45, 2.75) is 18.9 Å². The molecule has 0 aliphatic carbocycles. The normalized spacial score (nSPS) is 17.9. The van der Waals surface area contributed by atoms with E-state index >= 15 is 0 Å². The molecule has 2 rings (SSSR count). The standard InChI is InChI=1S/C14H16N2O3/c1-18-11-6-3-7-12(19-2)13(11)14(17)16-8-4-5-10(16)9-15/h3,6-7,10H,4-5,8H2,1-2H3. The molecule has 0 N–H and O–H groups in total. The van der Waals surface area contributed by atoms with Crippen molar-refractivity contribution < 1.29 is 14.3 Å². The molecule has 1 aromatic rings. The molecule has 5 heteroatoms. The van der Waals surface area contributed by atoms with Crippen LogP contribution in [0.1, 0.15) is 23.2 Å². The van der Waals surface area contributed by atoms with Gasteiger partial charge in [-0.25, -0.2) is 0 Å². The molecule has 19 heavy (non-hydrogen) atoms. The third kappa shape index (κ3) is 2.34. The van der Waals surface area contributed by atoms with Crippen molar-refractivity contribution in [2.24, 2.45) is 0 Å². The number of carbonyl (C=O) groups excluding carboxylic acids is 1. The molecule has 1 aromatic carbocycles. The molecule has 1 aliphatic rings. The summed E-state index contributed by atoms with van der Waals surface area (Å²) in [5.74, 6) is 0.722. The van der Waals surface area contributed by atoms with E-state index in [9.17, 15) is 4.79 Å². The summed E-state index contributed by atoms with van der Waals surface area (Å²) in [6.45, 7) is 0.595. The molecule has 1 amide bonds. The Labute approximate surface area is 112 Å². The molecule has 1 aliphatic heterocycles. The third-order valence-electron chi connectivity index (χ3n) is 3.30. The Hall–Kier alpha value is -2.22. The lowest BCUT2D eigenvalue weighted by Gasteiger charge is -2.22. The Morgan fingerprint density at radius 3 is 2.53 bits per heavy atom. The Kier molecular flexibility index (Phi) is 3.91. The van der Waals surface area contributed by atoms with E-state index in [1.807, 2.05) is 0 Å². The summed E-state index contributed by atoms with van der Waals surface area (Å²) >= 11 is 0. The van der Waals surface area contributed by atoms with Gasteiger partial charge in [-0.3, -0.25) is 4.79 Å². The highest BCUT2D eigenvalue weighted by atomic mass is 16.5. The number of hydrogen-bond acceptors (Lipinski definition) is 4. The van der Waals surface area contributed by atoms with E-state index in [4.69, 9.17) is 14.7 Å². The summed E-state index contributed by atoms with van der Waals surface area (Å²) < 4.78 is 10.5. The van der Waals surface area contributed by atoms with Crippen molar-refractivity contribution in [3.05, 3.63) is 23.8 Å². The van der Waals surface area contributed by atoms with Gasteiger partial charge < -0.3 is 14.4 Å². The Morgan fingerprint density at radius 1 is 1.37 bits per heavy atom. The van der Waals surface area contributed by atoms with Gasteiger partial charge >= 0.3 is 0 Å². The summed E-state index contributed by atoms with van der Waals surface area (Å²) in [5, 5.41) is 9.08. The minimum absolute atomic E-state index is 0.210. The highest BCUT2D eigenvalue weighted by molar-refractivity contribution is 6.00. The molecule has 5 nitrogen and oxygen atoms in total. The van der Waals surface area contributed by atoms with Crippen LogP contribution in [0.25, 0.3) is 0 Å². The number of methoxy groups -OCH3 is 2. The van der Waals surface area contributed by atoms with Crippen molar-refractivity contribution >= 4 is 5.91 Å². The van der Waals surface area contributed by atoms with Gasteiger partial charge in [0.05, 0.1) is 20.3 Å². The molecule has 1 heterocycles. The van der Waals surface area contributed by atoms with Gasteiger partial charge in [0.2, 0.25) is 0 Å². The minimum Gasteiger partial charge on any atom is -0.496 e. The first kappa shape index (κ1) is 13.2. The minimum atomic E-state index is -0.359. The van der Waals surface area contributed by atoms with Gasteiger partial charge in [-0.2, -0.15) is 5.26 Å². The fourth-order valence-electron chi connectivity index (χ4n) is 2.35. The maximum atomic E-state index is 12.6. The second kappa shape index (κ2) is 5.61. The van der Waals surface area contributed by atoms with Crippen molar-refractivity contribution in [3.63, 3.8) is 0 Å². The Balaban J connectivity index is 2.41. The van der Waals surface area contributed by atoms with E-state index in [1.54, 1.807) is 23.1 Å². The van der Waals surface area contributed by atoms with E-state index in [0.717, 1.165) is 12.8 Å². The Morgan fingerprint density at radius 2 is 2.00 bits per heavy atom. The van der Waals surface area contributed by atoms with E-state index in [0.29, 0.717) is 23.6 Å². The number of rotatable bonds is 3. The number of amides is 1. The van der Waals surface area contributed by atoms with Gasteiger partial charge in [0.25, 0.3) is 5.91 Å². The molecule has 0 radical (unpaired) electrons. The van der Waals surface area contributed by atoms with Crippen LogP contribution >= 0.6 is 0 Å². The van der Waals surface area contributed by atoms with Gasteiger partial charge in [-0.05, 0) is 25.0 Å². The molecule has 0 aromatic heterocycles. The van der Waals surface area contributed by atoms with Crippen molar-refractivity contribution in [2.75, 3.05) is 20.8 Å². The lowest BCUT2D eigenvalue weighted by molar-refractivity contribution is 0.0758. The smallest absolute Gasteiger partial charge is 0.262 e. The molecule has 0 spiro atoms. The first-order chi connectivity index (χ1) is 9.22. The number of ether oxygens (including phenoxy) is 2. The zero-order valence-corrected chi connectivity index (χ0v) is 11.0. The average Bonchev–Trinajstić information content (AvgIpc) is 2.93. The molecule has 1 saturated heterocycles. The third-order valence-corrected chi connectivity index (χ3v) is 3.30. The lowest BCUT2D eigenvalue weighted by atomic mass is 10.1. The van der Waals surface area contributed by atoms with Crippen LogP contribution in [-0.4, -0.2) is 37.6 Å². The molecule has 1 fully saturated rings. The maximum absolute atomic E-state index is 12.6. The second-order valence-electron chi connectivity index (χ2n) is 4.32. The fourth-order valence-corrected chi connectivity index (χ4v) is 2.35. The number of hydrogen-bond donors (Lipinski definition) is 0. The van der Waals surface area contributed by atoms with Crippen molar-refractivity contribution in [1.29, 1.82) is 5.26 Å². The van der Waals surface area contributed by atoms with Gasteiger partial charge in [0, 0.05) is 6.54 Å². The van der Waals surface area contributed by atoms with Crippen LogP contribution in [0, 0.1) is 11.3 Å². The fraction of sp³-hybridized carbons (Fsp3) is 0.429. The number of carbonyl (C=O) groups is 1. The zero-order valence-electron chi connectivity index (χ0n) is 11.0.